The lowest BCUT2D eigenvalue weighted by molar-refractivity contribution is -0.886. The maximum absolute atomic E-state index is 11.9. The van der Waals surface area contributed by atoms with E-state index in [1.807, 2.05) is 19.2 Å². The third-order valence-corrected chi connectivity index (χ3v) is 2.96. The number of anilines is 1. The fraction of sp³-hybridized carbons (Fsp3) is 0.308. The van der Waals surface area contributed by atoms with E-state index >= 15 is 0 Å². The summed E-state index contributed by atoms with van der Waals surface area (Å²) in [6.07, 6.45) is 0. The molecule has 0 aliphatic carbocycles. The van der Waals surface area contributed by atoms with Crippen molar-refractivity contribution in [2.24, 2.45) is 0 Å². The molecule has 6 nitrogen and oxygen atoms in total. The zero-order chi connectivity index (χ0) is 14.5. The number of aryl methyl sites for hydroxylation is 1. The molecule has 0 saturated heterocycles. The highest BCUT2D eigenvalue weighted by Gasteiger charge is 2.14. The Hall–Kier alpha value is -1.92. The first-order valence-electron chi connectivity index (χ1n) is 6.19. The summed E-state index contributed by atoms with van der Waals surface area (Å²) in [4.78, 5) is 12.9. The van der Waals surface area contributed by atoms with Crippen LogP contribution in [0.1, 0.15) is 11.8 Å². The molecule has 2 aromatic rings. The molecule has 2 rings (SSSR count). The predicted octanol–water partition coefficient (Wildman–Crippen LogP) is 0.685. The number of likely N-dealkylation sites (N-methyl/N-ethyl adjacent to an activating group) is 1. The van der Waals surface area contributed by atoms with Crippen LogP contribution in [0.3, 0.4) is 0 Å². The Morgan fingerprint density at radius 2 is 2.15 bits per heavy atom. The Morgan fingerprint density at radius 3 is 2.80 bits per heavy atom. The molecule has 0 spiro atoms. The van der Waals surface area contributed by atoms with Gasteiger partial charge < -0.3 is 14.6 Å². The topological polar surface area (TPSA) is 72.5 Å². The Kier molecular flexibility index (Phi) is 4.70. The van der Waals surface area contributed by atoms with Gasteiger partial charge in [-0.3, -0.25) is 4.79 Å². The molecule has 7 heteroatoms. The number of benzene rings is 1. The molecule has 0 fully saturated rings. The van der Waals surface area contributed by atoms with Crippen LogP contribution in [0.15, 0.2) is 28.7 Å². The average Bonchev–Trinajstić information content (AvgIpc) is 2.77. The number of nitrogens with zero attached hydrogens (tertiary/aromatic N) is 2. The second-order valence-corrected chi connectivity index (χ2v) is 4.96. The fourth-order valence-electron chi connectivity index (χ4n) is 1.76. The van der Waals surface area contributed by atoms with E-state index in [4.69, 9.17) is 16.0 Å². The van der Waals surface area contributed by atoms with Crippen LogP contribution in [0, 0.1) is 6.92 Å². The summed E-state index contributed by atoms with van der Waals surface area (Å²) in [6.45, 7) is 2.51. The summed E-state index contributed by atoms with van der Waals surface area (Å²) in [7, 11) is 1.88. The monoisotopic (exact) mass is 295 g/mol. The molecule has 1 amide bonds. The van der Waals surface area contributed by atoms with E-state index in [0.29, 0.717) is 29.0 Å². The minimum absolute atomic E-state index is 0.119. The van der Waals surface area contributed by atoms with Gasteiger partial charge in [0.2, 0.25) is 5.89 Å². The maximum atomic E-state index is 11.9. The summed E-state index contributed by atoms with van der Waals surface area (Å²) in [6, 6.07) is 7.12. The van der Waals surface area contributed by atoms with Gasteiger partial charge in [-0.25, -0.2) is 0 Å². The molecule has 1 heterocycles. The number of hydrogen-bond donors (Lipinski definition) is 2. The number of amides is 1. The van der Waals surface area contributed by atoms with Crippen molar-refractivity contribution in [3.63, 3.8) is 0 Å². The van der Waals surface area contributed by atoms with Gasteiger partial charge in [-0.15, -0.1) is 10.2 Å². The van der Waals surface area contributed by atoms with E-state index in [0.717, 1.165) is 4.90 Å². The molecular weight excluding hydrogens is 280 g/mol. The van der Waals surface area contributed by atoms with Gasteiger partial charge in [-0.2, -0.15) is 0 Å². The van der Waals surface area contributed by atoms with Gasteiger partial charge in [-0.1, -0.05) is 23.7 Å². The van der Waals surface area contributed by atoms with E-state index in [1.54, 1.807) is 19.1 Å². The molecule has 1 atom stereocenters. The molecule has 20 heavy (non-hydrogen) atoms. The fourth-order valence-corrected chi connectivity index (χ4v) is 1.94. The normalized spacial score (nSPS) is 12.2. The molecule has 1 aromatic heterocycles. The molecule has 0 aliphatic heterocycles. The minimum Gasteiger partial charge on any atom is -0.420 e. The van der Waals surface area contributed by atoms with Crippen molar-refractivity contribution in [3.8, 4) is 0 Å². The number of carbonyl (C=O) groups is 1. The summed E-state index contributed by atoms with van der Waals surface area (Å²) in [5.41, 5.74) is 0.612. The molecule has 1 aromatic carbocycles. The number of nitrogens with one attached hydrogen (secondary N) is 2. The van der Waals surface area contributed by atoms with Crippen molar-refractivity contribution in [1.29, 1.82) is 0 Å². The third-order valence-electron chi connectivity index (χ3n) is 2.63. The zero-order valence-electron chi connectivity index (χ0n) is 11.3. The number of rotatable bonds is 5. The predicted molar refractivity (Wildman–Crippen MR) is 74.6 cm³/mol. The number of aromatic nitrogens is 2. The number of halogens is 1. The van der Waals surface area contributed by atoms with Gasteiger partial charge in [0.1, 0.15) is 0 Å². The number of quaternary nitrogens is 1. The molecule has 0 aliphatic rings. The van der Waals surface area contributed by atoms with Gasteiger partial charge in [0, 0.05) is 6.92 Å². The highest BCUT2D eigenvalue weighted by atomic mass is 35.5. The van der Waals surface area contributed by atoms with Crippen LogP contribution in [0.2, 0.25) is 5.02 Å². The van der Waals surface area contributed by atoms with E-state index < -0.39 is 0 Å². The largest absolute Gasteiger partial charge is 0.420 e. The van der Waals surface area contributed by atoms with Crippen LogP contribution in [-0.2, 0) is 11.3 Å². The molecule has 106 valence electrons. The smallest absolute Gasteiger partial charge is 0.279 e. The van der Waals surface area contributed by atoms with Crippen LogP contribution in [0.5, 0.6) is 0 Å². The van der Waals surface area contributed by atoms with E-state index in [9.17, 15) is 4.79 Å². The molecule has 0 radical (unpaired) electrons. The molecule has 1 unspecified atom stereocenters. The van der Waals surface area contributed by atoms with Crippen molar-refractivity contribution in [1.82, 2.24) is 10.2 Å². The van der Waals surface area contributed by atoms with Crippen molar-refractivity contribution in [3.05, 3.63) is 41.1 Å². The summed E-state index contributed by atoms with van der Waals surface area (Å²) in [5, 5.41) is 10.9. The van der Waals surface area contributed by atoms with Gasteiger partial charge in [-0.05, 0) is 12.1 Å². The first-order chi connectivity index (χ1) is 9.54. The Morgan fingerprint density at radius 1 is 1.40 bits per heavy atom. The molecule has 2 N–H and O–H groups in total. The van der Waals surface area contributed by atoms with Crippen LogP contribution < -0.4 is 10.2 Å². The summed E-state index contributed by atoms with van der Waals surface area (Å²) >= 11 is 5.98. The van der Waals surface area contributed by atoms with Crippen LogP contribution >= 0.6 is 11.6 Å². The first kappa shape index (κ1) is 14.5. The number of para-hydroxylation sites is 1. The van der Waals surface area contributed by atoms with Crippen LogP contribution in [-0.4, -0.2) is 29.7 Å². The lowest BCUT2D eigenvalue weighted by Gasteiger charge is -2.12. The van der Waals surface area contributed by atoms with E-state index in [1.165, 1.54) is 0 Å². The molecular formula is C13H16ClN4O2+. The summed E-state index contributed by atoms with van der Waals surface area (Å²) in [5.74, 6) is 0.922. The third kappa shape index (κ3) is 4.04. The molecule has 0 bridgehead atoms. The Labute approximate surface area is 121 Å². The van der Waals surface area contributed by atoms with E-state index in [2.05, 4.69) is 15.5 Å². The zero-order valence-corrected chi connectivity index (χ0v) is 12.1. The van der Waals surface area contributed by atoms with Gasteiger partial charge in [0.05, 0.1) is 17.8 Å². The summed E-state index contributed by atoms with van der Waals surface area (Å²) < 4.78 is 5.28. The van der Waals surface area contributed by atoms with Crippen LogP contribution in [0.25, 0.3) is 0 Å². The standard InChI is InChI=1S/C13H15ClN4O2/c1-9-16-17-13(20-9)8-18(2)7-12(19)15-11-6-4-3-5-10(11)14/h3-6H,7-8H2,1-2H3,(H,15,19)/p+1. The lowest BCUT2D eigenvalue weighted by atomic mass is 10.3. The number of hydrogen-bond acceptors (Lipinski definition) is 4. The molecule has 0 saturated carbocycles. The SMILES string of the molecule is Cc1nnc(C[NH+](C)CC(=O)Nc2ccccc2Cl)o1. The van der Waals surface area contributed by atoms with Crippen molar-refractivity contribution in [2.45, 2.75) is 13.5 Å². The minimum atomic E-state index is -0.119. The van der Waals surface area contributed by atoms with Crippen molar-refractivity contribution in [2.75, 3.05) is 18.9 Å². The highest BCUT2D eigenvalue weighted by molar-refractivity contribution is 6.33. The second kappa shape index (κ2) is 6.49. The van der Waals surface area contributed by atoms with Gasteiger partial charge in [0.15, 0.2) is 13.1 Å². The quantitative estimate of drug-likeness (QED) is 0.851. The first-order valence-corrected chi connectivity index (χ1v) is 6.57. The highest BCUT2D eigenvalue weighted by Crippen LogP contribution is 2.19. The van der Waals surface area contributed by atoms with Gasteiger partial charge >= 0.3 is 0 Å². The number of carbonyl (C=O) groups excluding carboxylic acids is 1. The Bertz CT molecular complexity index is 600. The van der Waals surface area contributed by atoms with Crippen molar-refractivity contribution >= 4 is 23.2 Å². The average molecular weight is 296 g/mol. The van der Waals surface area contributed by atoms with Gasteiger partial charge in [0.25, 0.3) is 11.8 Å². The maximum Gasteiger partial charge on any atom is 0.279 e. The second-order valence-electron chi connectivity index (χ2n) is 4.55. The lowest BCUT2D eigenvalue weighted by Crippen LogP contribution is -3.08. The Balaban J connectivity index is 1.86. The van der Waals surface area contributed by atoms with Crippen LogP contribution in [0.4, 0.5) is 5.69 Å². The van der Waals surface area contributed by atoms with E-state index in [-0.39, 0.29) is 12.5 Å². The van der Waals surface area contributed by atoms with Crippen molar-refractivity contribution < 1.29 is 14.1 Å².